The number of benzene rings is 8. The summed E-state index contributed by atoms with van der Waals surface area (Å²) in [6.07, 6.45) is 1.68. The number of carbonyl (C=O) groups excluding carboxylic acids is 1. The molecule has 8 aromatic carbocycles. The highest BCUT2D eigenvalue weighted by atomic mass is 16.4. The maximum absolute atomic E-state index is 8.81. The Morgan fingerprint density at radius 2 is 0.769 bits per heavy atom. The molecule has 8 rings (SSSR count). The Hall–Kier alpha value is -4.53. The van der Waals surface area contributed by atoms with Gasteiger partial charge in [0.2, 0.25) is 0 Å². The van der Waals surface area contributed by atoms with Gasteiger partial charge >= 0.3 is 0 Å². The van der Waals surface area contributed by atoms with Gasteiger partial charge in [-0.1, -0.05) is 109 Å². The fraction of sp³-hybridized carbons (Fsp3) is 0.108. The lowest BCUT2D eigenvalue weighted by molar-refractivity contribution is -0.106. The summed E-state index contributed by atoms with van der Waals surface area (Å²) in [4.78, 5) is 8.81. The number of rotatable bonds is 2. The third-order valence-corrected chi connectivity index (χ3v) is 7.62. The van der Waals surface area contributed by atoms with E-state index in [0.717, 1.165) is 12.7 Å². The van der Waals surface area contributed by atoms with Crippen molar-refractivity contribution in [3.8, 4) is 0 Å². The molecule has 0 radical (unpaired) electrons. The molecule has 0 spiro atoms. The van der Waals surface area contributed by atoms with E-state index in [0.29, 0.717) is 0 Å². The van der Waals surface area contributed by atoms with Gasteiger partial charge in [0.25, 0.3) is 0 Å². The molecular weight excluding hydrogens is 476 g/mol. The Balaban J connectivity index is 0.000000426. The molecule has 190 valence electrons. The molecular formula is C37H30O2. The van der Waals surface area contributed by atoms with E-state index in [1.165, 1.54) is 82.7 Å². The van der Waals surface area contributed by atoms with E-state index in [4.69, 9.17) is 4.79 Å². The summed E-state index contributed by atoms with van der Waals surface area (Å²) in [6, 6.07) is 40.8. The average Bonchev–Trinajstić information content (AvgIpc) is 2.97. The first-order valence-corrected chi connectivity index (χ1v) is 13.3. The Labute approximate surface area is 228 Å². The normalized spacial score (nSPS) is 11.3. The Kier molecular flexibility index (Phi) is 6.56. The fourth-order valence-corrected chi connectivity index (χ4v) is 6.10. The predicted molar refractivity (Wildman–Crippen MR) is 168 cm³/mol. The molecule has 39 heavy (non-hydrogen) atoms. The number of aldehydes is 1. The molecule has 0 atom stereocenters. The topological polar surface area (TPSA) is 26.3 Å². The Bertz CT molecular complexity index is 1890. The summed E-state index contributed by atoms with van der Waals surface area (Å²) in [7, 11) is 3.25. The predicted octanol–water partition coefficient (Wildman–Crippen LogP) is 9.54. The van der Waals surface area contributed by atoms with Crippen molar-refractivity contribution < 1.29 is 9.53 Å². The van der Waals surface area contributed by atoms with Crippen LogP contribution in [0.5, 0.6) is 0 Å². The molecule has 8 aromatic rings. The van der Waals surface area contributed by atoms with Gasteiger partial charge in [-0.05, 0) is 89.1 Å². The monoisotopic (exact) mass is 506 g/mol. The number of hydrogen-bond donors (Lipinski definition) is 0. The lowest BCUT2D eigenvalue weighted by Gasteiger charge is -2.16. The molecule has 2 heteroatoms. The molecule has 0 fully saturated rings. The van der Waals surface area contributed by atoms with Crippen LogP contribution in [-0.2, 0) is 16.0 Å². The van der Waals surface area contributed by atoms with E-state index >= 15 is 0 Å². The van der Waals surface area contributed by atoms with E-state index in [2.05, 4.69) is 114 Å². The molecule has 0 N–H and O–H groups in total. The quantitative estimate of drug-likeness (QED) is 0.172. The molecule has 0 bridgehead atoms. The van der Waals surface area contributed by atoms with Gasteiger partial charge in [-0.2, -0.15) is 0 Å². The first-order chi connectivity index (χ1) is 19.2. The van der Waals surface area contributed by atoms with Crippen molar-refractivity contribution in [1.29, 1.82) is 0 Å². The van der Waals surface area contributed by atoms with Gasteiger partial charge in [-0.3, -0.25) is 0 Å². The van der Waals surface area contributed by atoms with Crippen LogP contribution in [-0.4, -0.2) is 20.5 Å². The summed E-state index contributed by atoms with van der Waals surface area (Å²) in [5, 5.41) is 16.3. The maximum atomic E-state index is 8.81. The molecule has 0 saturated heterocycles. The fourth-order valence-electron chi connectivity index (χ4n) is 6.10. The molecule has 0 aliphatic carbocycles. The smallest absolute Gasteiger partial charge is 0.116 e. The molecule has 0 amide bonds. The summed E-state index contributed by atoms with van der Waals surface area (Å²) in [5.41, 5.74) is 2.80. The highest BCUT2D eigenvalue weighted by Crippen LogP contribution is 2.39. The van der Waals surface area contributed by atoms with Gasteiger partial charge in [-0.25, -0.2) is 0 Å². The van der Waals surface area contributed by atoms with Gasteiger partial charge in [0.05, 0.1) is 0 Å². The van der Waals surface area contributed by atoms with Crippen molar-refractivity contribution in [2.45, 2.75) is 13.3 Å². The van der Waals surface area contributed by atoms with Crippen LogP contribution >= 0.6 is 0 Å². The zero-order valence-electron chi connectivity index (χ0n) is 22.5. The summed E-state index contributed by atoms with van der Waals surface area (Å²) < 4.78 is 4.25. The summed E-state index contributed by atoms with van der Waals surface area (Å²) in [6.45, 7) is 1.44. The second kappa shape index (κ2) is 10.3. The molecule has 0 aromatic heterocycles. The Morgan fingerprint density at radius 1 is 0.487 bits per heavy atom. The highest BCUT2D eigenvalue weighted by molar-refractivity contribution is 6.25. The van der Waals surface area contributed by atoms with Gasteiger partial charge in [0, 0.05) is 14.2 Å². The zero-order chi connectivity index (χ0) is 26.9. The number of methoxy groups -OCH3 is 1. The van der Waals surface area contributed by atoms with Crippen molar-refractivity contribution in [1.82, 2.24) is 0 Å². The standard InChI is InChI=1S/C33H20.C2H6O.C2H4O/c1-3-20-7-9-24-11-13-26(28-17-15-22(5-1)30(20)32(24)28)19-27-14-12-25-10-8-21-4-2-6-23-16-18-29(27)33(25)31(21)23;1-3-2;1-2-3/h1-18H,19H2;1-2H3;2H,1H3. The van der Waals surface area contributed by atoms with E-state index in [1.54, 1.807) is 14.2 Å². The second-order valence-corrected chi connectivity index (χ2v) is 9.98. The van der Waals surface area contributed by atoms with Crippen molar-refractivity contribution in [2.75, 3.05) is 14.2 Å². The van der Waals surface area contributed by atoms with Crippen LogP contribution in [0.2, 0.25) is 0 Å². The average molecular weight is 507 g/mol. The van der Waals surface area contributed by atoms with Gasteiger partial charge < -0.3 is 9.53 Å². The minimum absolute atomic E-state index is 0.750. The maximum Gasteiger partial charge on any atom is 0.116 e. The lowest BCUT2D eigenvalue weighted by atomic mass is 9.87. The number of hydrogen-bond acceptors (Lipinski definition) is 2. The highest BCUT2D eigenvalue weighted by Gasteiger charge is 2.14. The van der Waals surface area contributed by atoms with Crippen LogP contribution in [0.15, 0.2) is 109 Å². The second-order valence-electron chi connectivity index (χ2n) is 9.98. The van der Waals surface area contributed by atoms with Crippen LogP contribution in [0.25, 0.3) is 64.6 Å². The van der Waals surface area contributed by atoms with Gasteiger partial charge in [0.1, 0.15) is 6.29 Å². The molecule has 0 unspecified atom stereocenters. The summed E-state index contributed by atoms with van der Waals surface area (Å²) >= 11 is 0. The molecule has 0 heterocycles. The minimum atomic E-state index is 0.750. The van der Waals surface area contributed by atoms with Gasteiger partial charge in [-0.15, -0.1) is 0 Å². The van der Waals surface area contributed by atoms with Crippen molar-refractivity contribution in [3.63, 3.8) is 0 Å². The van der Waals surface area contributed by atoms with Crippen LogP contribution in [0.4, 0.5) is 0 Å². The summed E-state index contributed by atoms with van der Waals surface area (Å²) in [5.74, 6) is 0. The largest absolute Gasteiger partial charge is 0.388 e. The van der Waals surface area contributed by atoms with E-state index < -0.39 is 0 Å². The van der Waals surface area contributed by atoms with Crippen molar-refractivity contribution in [3.05, 3.63) is 120 Å². The zero-order valence-corrected chi connectivity index (χ0v) is 22.5. The minimum Gasteiger partial charge on any atom is -0.388 e. The number of carbonyl (C=O) groups is 1. The third-order valence-electron chi connectivity index (χ3n) is 7.62. The van der Waals surface area contributed by atoms with Crippen molar-refractivity contribution in [2.24, 2.45) is 0 Å². The van der Waals surface area contributed by atoms with E-state index in [1.807, 2.05) is 0 Å². The molecule has 0 saturated carbocycles. The SMILES string of the molecule is CC=O.COC.c1cc2ccc3ccc(Cc4ccc5ccc6cccc7ccc4c5c67)c4ccc(c1)c2c34. The number of ether oxygens (including phenoxy) is 1. The first kappa shape index (κ1) is 24.8. The van der Waals surface area contributed by atoms with Crippen LogP contribution in [0.3, 0.4) is 0 Å². The van der Waals surface area contributed by atoms with E-state index in [9.17, 15) is 0 Å². The Morgan fingerprint density at radius 3 is 1.13 bits per heavy atom. The van der Waals surface area contributed by atoms with Gasteiger partial charge in [0.15, 0.2) is 0 Å². The molecule has 0 aliphatic rings. The third kappa shape index (κ3) is 4.14. The van der Waals surface area contributed by atoms with Crippen LogP contribution < -0.4 is 0 Å². The molecule has 2 nitrogen and oxygen atoms in total. The van der Waals surface area contributed by atoms with Crippen LogP contribution in [0, 0.1) is 0 Å². The first-order valence-electron chi connectivity index (χ1n) is 13.3. The lowest BCUT2D eigenvalue weighted by Crippen LogP contribution is -1.94. The van der Waals surface area contributed by atoms with Crippen molar-refractivity contribution >= 4 is 70.9 Å². The molecule has 0 aliphatic heterocycles. The van der Waals surface area contributed by atoms with E-state index in [-0.39, 0.29) is 0 Å². The van der Waals surface area contributed by atoms with Crippen LogP contribution in [0.1, 0.15) is 18.1 Å².